The first kappa shape index (κ1) is 13.7. The van der Waals surface area contributed by atoms with Crippen LogP contribution in [0.15, 0.2) is 48.5 Å². The predicted molar refractivity (Wildman–Crippen MR) is 86.9 cm³/mol. The first-order valence-electron chi connectivity index (χ1n) is 7.13. The van der Waals surface area contributed by atoms with E-state index in [9.17, 15) is 0 Å². The van der Waals surface area contributed by atoms with Crippen molar-refractivity contribution in [3.05, 3.63) is 65.2 Å². The summed E-state index contributed by atoms with van der Waals surface area (Å²) in [6.07, 6.45) is 2.39. The van der Waals surface area contributed by atoms with Gasteiger partial charge >= 0.3 is 0 Å². The lowest BCUT2D eigenvalue weighted by Gasteiger charge is -2.19. The van der Waals surface area contributed by atoms with Crippen molar-refractivity contribution in [3.63, 3.8) is 0 Å². The topological polar surface area (TPSA) is 9.23 Å². The van der Waals surface area contributed by atoms with Crippen molar-refractivity contribution in [2.24, 2.45) is 0 Å². The van der Waals surface area contributed by atoms with E-state index in [-0.39, 0.29) is 0 Å². The number of alkyl halides is 1. The van der Waals surface area contributed by atoms with E-state index in [2.05, 4.69) is 71.4 Å². The zero-order valence-corrected chi connectivity index (χ0v) is 13.3. The zero-order chi connectivity index (χ0) is 13.9. The van der Waals surface area contributed by atoms with Crippen LogP contribution in [0.4, 0.5) is 0 Å². The van der Waals surface area contributed by atoms with E-state index in [1.165, 1.54) is 16.7 Å². The van der Waals surface area contributed by atoms with E-state index in [1.54, 1.807) is 0 Å². The Kier molecular flexibility index (Phi) is 4.11. The van der Waals surface area contributed by atoms with E-state index < -0.39 is 0 Å². The van der Waals surface area contributed by atoms with E-state index in [0.717, 1.165) is 23.9 Å². The summed E-state index contributed by atoms with van der Waals surface area (Å²) in [5, 5.41) is 0.978. The predicted octanol–water partition coefficient (Wildman–Crippen LogP) is 4.87. The highest BCUT2D eigenvalue weighted by molar-refractivity contribution is 9.09. The number of aryl methyl sites for hydroxylation is 1. The molecule has 1 aliphatic heterocycles. The molecule has 2 aromatic carbocycles. The highest BCUT2D eigenvalue weighted by atomic mass is 79.9. The fourth-order valence-electron chi connectivity index (χ4n) is 2.91. The molecule has 3 rings (SSSR count). The van der Waals surface area contributed by atoms with E-state index in [1.807, 2.05) is 0 Å². The summed E-state index contributed by atoms with van der Waals surface area (Å²) in [6.45, 7) is 2.14. The van der Waals surface area contributed by atoms with Gasteiger partial charge in [0.1, 0.15) is 11.9 Å². The SMILES string of the molecule is Cc1ccc2c(c1)CC(CC(CBr)c1ccccc1)O2. The molecule has 0 bridgehead atoms. The smallest absolute Gasteiger partial charge is 0.123 e. The van der Waals surface area contributed by atoms with Crippen LogP contribution in [0.5, 0.6) is 5.75 Å². The van der Waals surface area contributed by atoms with Gasteiger partial charge in [-0.05, 0) is 36.5 Å². The summed E-state index contributed by atoms with van der Waals surface area (Å²) in [5.74, 6) is 1.58. The van der Waals surface area contributed by atoms with Gasteiger partial charge in [0.15, 0.2) is 0 Å². The summed E-state index contributed by atoms with van der Waals surface area (Å²) in [6, 6.07) is 17.2. The number of rotatable bonds is 4. The van der Waals surface area contributed by atoms with Crippen LogP contribution < -0.4 is 4.74 Å². The lowest BCUT2D eigenvalue weighted by atomic mass is 9.93. The third kappa shape index (κ3) is 2.90. The van der Waals surface area contributed by atoms with Gasteiger partial charge in [-0.25, -0.2) is 0 Å². The molecular weight excluding hydrogens is 312 g/mol. The Morgan fingerprint density at radius 2 is 2.00 bits per heavy atom. The molecule has 0 aliphatic carbocycles. The zero-order valence-electron chi connectivity index (χ0n) is 11.7. The average Bonchev–Trinajstić information content (AvgIpc) is 2.87. The number of hydrogen-bond acceptors (Lipinski definition) is 1. The first-order valence-corrected chi connectivity index (χ1v) is 8.25. The largest absolute Gasteiger partial charge is 0.490 e. The Labute approximate surface area is 129 Å². The Morgan fingerprint density at radius 3 is 2.75 bits per heavy atom. The quantitative estimate of drug-likeness (QED) is 0.727. The number of benzene rings is 2. The molecule has 2 heteroatoms. The number of ether oxygens (including phenoxy) is 1. The second-order valence-corrected chi connectivity index (χ2v) is 6.20. The summed E-state index contributed by atoms with van der Waals surface area (Å²) in [5.41, 5.74) is 4.06. The van der Waals surface area contributed by atoms with Crippen molar-refractivity contribution in [1.29, 1.82) is 0 Å². The van der Waals surface area contributed by atoms with Gasteiger partial charge in [0, 0.05) is 11.8 Å². The van der Waals surface area contributed by atoms with Crippen molar-refractivity contribution < 1.29 is 4.74 Å². The second-order valence-electron chi connectivity index (χ2n) is 5.55. The van der Waals surface area contributed by atoms with Crippen LogP contribution in [0.2, 0.25) is 0 Å². The van der Waals surface area contributed by atoms with Crippen LogP contribution in [0.25, 0.3) is 0 Å². The molecule has 0 amide bonds. The van der Waals surface area contributed by atoms with Gasteiger partial charge in [-0.3, -0.25) is 0 Å². The normalized spacial score (nSPS) is 18.4. The van der Waals surface area contributed by atoms with Crippen LogP contribution in [0.1, 0.15) is 29.0 Å². The molecule has 1 aliphatic rings. The van der Waals surface area contributed by atoms with Crippen LogP contribution in [0.3, 0.4) is 0 Å². The maximum absolute atomic E-state index is 6.09. The van der Waals surface area contributed by atoms with Gasteiger partial charge in [-0.1, -0.05) is 64.0 Å². The summed E-state index contributed by atoms with van der Waals surface area (Å²) in [7, 11) is 0. The minimum absolute atomic E-state index is 0.301. The molecule has 104 valence electrons. The van der Waals surface area contributed by atoms with E-state index >= 15 is 0 Å². The highest BCUT2D eigenvalue weighted by Crippen LogP contribution is 2.34. The Balaban J connectivity index is 1.70. The number of halogens is 1. The van der Waals surface area contributed by atoms with Crippen LogP contribution in [0, 0.1) is 6.92 Å². The van der Waals surface area contributed by atoms with Gasteiger partial charge in [-0.2, -0.15) is 0 Å². The fraction of sp³-hybridized carbons (Fsp3) is 0.333. The van der Waals surface area contributed by atoms with Crippen molar-refractivity contribution in [3.8, 4) is 5.75 Å². The fourth-order valence-corrected chi connectivity index (χ4v) is 3.55. The number of hydrogen-bond donors (Lipinski definition) is 0. The molecule has 1 nitrogen and oxygen atoms in total. The minimum Gasteiger partial charge on any atom is -0.490 e. The maximum atomic E-state index is 6.09. The molecule has 0 spiro atoms. The average molecular weight is 331 g/mol. The van der Waals surface area contributed by atoms with Crippen LogP contribution in [-0.2, 0) is 6.42 Å². The molecule has 0 fully saturated rings. The molecule has 2 unspecified atom stereocenters. The van der Waals surface area contributed by atoms with E-state index in [4.69, 9.17) is 4.74 Å². The summed E-state index contributed by atoms with van der Waals surface area (Å²) < 4.78 is 6.09. The van der Waals surface area contributed by atoms with Crippen molar-refractivity contribution in [2.45, 2.75) is 31.8 Å². The van der Waals surface area contributed by atoms with Gasteiger partial charge in [0.05, 0.1) is 0 Å². The number of fused-ring (bicyclic) bond motifs is 1. The Hall–Kier alpha value is -1.28. The molecule has 20 heavy (non-hydrogen) atoms. The van der Waals surface area contributed by atoms with Crippen LogP contribution >= 0.6 is 15.9 Å². The van der Waals surface area contributed by atoms with Crippen molar-refractivity contribution in [2.75, 3.05) is 5.33 Å². The molecule has 2 aromatic rings. The monoisotopic (exact) mass is 330 g/mol. The van der Waals surface area contributed by atoms with Gasteiger partial charge in [-0.15, -0.1) is 0 Å². The summed E-state index contributed by atoms with van der Waals surface area (Å²) in [4.78, 5) is 0. The molecule has 0 saturated carbocycles. The van der Waals surface area contributed by atoms with Crippen molar-refractivity contribution >= 4 is 15.9 Å². The first-order chi connectivity index (χ1) is 9.76. The standard InChI is InChI=1S/C18H19BrO/c1-13-7-8-18-15(9-13)10-17(20-18)11-16(12-19)14-5-3-2-4-6-14/h2-9,16-17H,10-12H2,1H3. The third-order valence-corrected chi connectivity index (χ3v) is 4.74. The second kappa shape index (κ2) is 6.01. The third-order valence-electron chi connectivity index (χ3n) is 3.96. The lowest BCUT2D eigenvalue weighted by Crippen LogP contribution is -2.18. The van der Waals surface area contributed by atoms with E-state index in [0.29, 0.717) is 12.0 Å². The molecule has 0 radical (unpaired) electrons. The molecule has 2 atom stereocenters. The molecule has 1 heterocycles. The lowest BCUT2D eigenvalue weighted by molar-refractivity contribution is 0.213. The highest BCUT2D eigenvalue weighted by Gasteiger charge is 2.26. The van der Waals surface area contributed by atoms with Crippen LogP contribution in [-0.4, -0.2) is 11.4 Å². The van der Waals surface area contributed by atoms with Gasteiger partial charge in [0.25, 0.3) is 0 Å². The van der Waals surface area contributed by atoms with Gasteiger partial charge in [0.2, 0.25) is 0 Å². The molecular formula is C18H19BrO. The summed E-state index contributed by atoms with van der Waals surface area (Å²) >= 11 is 3.65. The minimum atomic E-state index is 0.301. The molecule has 0 aromatic heterocycles. The molecule has 0 saturated heterocycles. The van der Waals surface area contributed by atoms with Gasteiger partial charge < -0.3 is 4.74 Å². The Bertz CT molecular complexity index is 579. The Morgan fingerprint density at radius 1 is 1.20 bits per heavy atom. The maximum Gasteiger partial charge on any atom is 0.123 e. The molecule has 0 N–H and O–H groups in total. The van der Waals surface area contributed by atoms with Crippen molar-refractivity contribution in [1.82, 2.24) is 0 Å².